The Hall–Kier alpha value is -2.08. The lowest BCUT2D eigenvalue weighted by atomic mass is 9.49. The standard InChI is InChI=1S/C27H34F2O7.C14H21OS/c1-24(28,29)22(31)36-26-7-15-4-18(10-26)27(19(5-15)11-26)34-13-20(35-27)12-33-23(32)25-6-14-2-16(8-25)21(30)17(3-14)9-25;1-14(2,3)12-4-6-13(7-5-12)16-10-8-15-9-11-16/h14-20H,2-13H2,1H3;4-7H,8-11H2,1-3H3/q;+1. The first-order valence-corrected chi connectivity index (χ1v) is 21.1. The van der Waals surface area contributed by atoms with E-state index in [9.17, 15) is 23.2 Å². The van der Waals surface area contributed by atoms with Crippen LogP contribution in [-0.2, 0) is 54.4 Å². The average molecular weight is 746 g/mol. The number of esters is 2. The molecule has 5 atom stereocenters. The lowest BCUT2D eigenvalue weighted by Gasteiger charge is -2.62. The molecule has 10 aliphatic rings. The van der Waals surface area contributed by atoms with Crippen molar-refractivity contribution >= 4 is 28.6 Å². The number of carbonyl (C=O) groups excluding carboxylic acids is 3. The number of hydrogen-bond acceptors (Lipinski definition) is 8. The first kappa shape index (κ1) is 36.9. The van der Waals surface area contributed by atoms with E-state index in [4.69, 9.17) is 23.7 Å². The molecular weight excluding hydrogens is 691 g/mol. The molecule has 286 valence electrons. The summed E-state index contributed by atoms with van der Waals surface area (Å²) in [5, 5.41) is 0. The summed E-state index contributed by atoms with van der Waals surface area (Å²) in [6.45, 7) is 9.66. The normalized spacial score (nSPS) is 40.5. The molecular formula is C41H55F2O8S+. The largest absolute Gasteiger partial charge is 0.462 e. The van der Waals surface area contributed by atoms with Crippen LogP contribution in [0.1, 0.15) is 97.5 Å². The fourth-order valence-corrected chi connectivity index (χ4v) is 13.4. The summed E-state index contributed by atoms with van der Waals surface area (Å²) in [6, 6.07) is 9.21. The van der Waals surface area contributed by atoms with Crippen molar-refractivity contribution < 1.29 is 46.8 Å². The van der Waals surface area contributed by atoms with Crippen LogP contribution in [0.4, 0.5) is 8.78 Å². The molecule has 8 aliphatic carbocycles. The maximum absolute atomic E-state index is 13.6. The van der Waals surface area contributed by atoms with E-state index in [1.54, 1.807) is 0 Å². The molecule has 0 N–H and O–H groups in total. The molecule has 2 saturated heterocycles. The molecule has 2 aliphatic heterocycles. The van der Waals surface area contributed by atoms with Crippen molar-refractivity contribution in [1.29, 1.82) is 0 Å². The molecule has 1 spiro atoms. The van der Waals surface area contributed by atoms with Crippen LogP contribution in [0, 0.1) is 40.9 Å². The quantitative estimate of drug-likeness (QED) is 0.232. The number of ketones is 1. The summed E-state index contributed by atoms with van der Waals surface area (Å²) < 4.78 is 56.6. The zero-order valence-corrected chi connectivity index (χ0v) is 31.9. The highest BCUT2D eigenvalue weighted by Crippen LogP contribution is 2.64. The van der Waals surface area contributed by atoms with E-state index in [1.807, 2.05) is 0 Å². The van der Waals surface area contributed by atoms with Crippen molar-refractivity contribution in [3.05, 3.63) is 29.8 Å². The van der Waals surface area contributed by atoms with Gasteiger partial charge in [-0.2, -0.15) is 8.78 Å². The Kier molecular flexibility index (Phi) is 9.43. The summed E-state index contributed by atoms with van der Waals surface area (Å²) in [7, 11) is 0.432. The predicted octanol–water partition coefficient (Wildman–Crippen LogP) is 6.81. The van der Waals surface area contributed by atoms with E-state index in [0.29, 0.717) is 74.1 Å². The average Bonchev–Trinajstić information content (AvgIpc) is 3.53. The van der Waals surface area contributed by atoms with E-state index in [0.717, 1.165) is 45.3 Å². The maximum Gasteiger partial charge on any atom is 0.377 e. The first-order chi connectivity index (χ1) is 24.6. The minimum Gasteiger partial charge on any atom is -0.462 e. The van der Waals surface area contributed by atoms with Crippen molar-refractivity contribution in [1.82, 2.24) is 0 Å². The highest BCUT2D eigenvalue weighted by Gasteiger charge is 2.68. The minimum absolute atomic E-state index is 0.0141. The number of hydrogen-bond donors (Lipinski definition) is 0. The second-order valence-corrected chi connectivity index (χ2v) is 20.8. The van der Waals surface area contributed by atoms with Gasteiger partial charge in [-0.3, -0.25) is 9.59 Å². The van der Waals surface area contributed by atoms with Crippen molar-refractivity contribution in [3.63, 3.8) is 0 Å². The molecule has 0 radical (unpaired) electrons. The van der Waals surface area contributed by atoms with E-state index >= 15 is 0 Å². The second-order valence-electron chi connectivity index (χ2n) is 18.5. The van der Waals surface area contributed by atoms with Crippen molar-refractivity contribution in [2.24, 2.45) is 40.9 Å². The Labute approximate surface area is 309 Å². The van der Waals surface area contributed by atoms with E-state index in [1.165, 1.54) is 22.0 Å². The van der Waals surface area contributed by atoms with Gasteiger partial charge in [0.25, 0.3) is 0 Å². The van der Waals surface area contributed by atoms with Crippen LogP contribution in [0.15, 0.2) is 29.2 Å². The Morgan fingerprint density at radius 3 is 2.08 bits per heavy atom. The van der Waals surface area contributed by atoms with Crippen LogP contribution in [0.25, 0.3) is 0 Å². The predicted molar refractivity (Wildman–Crippen MR) is 190 cm³/mol. The molecule has 1 aromatic carbocycles. The molecule has 8 saturated carbocycles. The molecule has 10 fully saturated rings. The van der Waals surface area contributed by atoms with Gasteiger partial charge in [-0.25, -0.2) is 4.79 Å². The van der Waals surface area contributed by atoms with Gasteiger partial charge in [-0.05, 0) is 99.2 Å². The third kappa shape index (κ3) is 6.76. The van der Waals surface area contributed by atoms with Gasteiger partial charge in [0, 0.05) is 41.5 Å². The van der Waals surface area contributed by atoms with E-state index in [-0.39, 0.29) is 47.8 Å². The van der Waals surface area contributed by atoms with Gasteiger partial charge in [0.05, 0.1) is 25.2 Å². The lowest BCUT2D eigenvalue weighted by molar-refractivity contribution is -0.322. The number of carbonyl (C=O) groups is 3. The molecule has 5 unspecified atom stereocenters. The molecule has 8 bridgehead atoms. The van der Waals surface area contributed by atoms with Gasteiger partial charge < -0.3 is 23.7 Å². The van der Waals surface area contributed by atoms with Crippen LogP contribution < -0.4 is 0 Å². The maximum atomic E-state index is 13.6. The summed E-state index contributed by atoms with van der Waals surface area (Å²) in [5.74, 6) is -2.56. The molecule has 11 heteroatoms. The Morgan fingerprint density at radius 2 is 1.48 bits per heavy atom. The van der Waals surface area contributed by atoms with E-state index < -0.39 is 28.7 Å². The number of Topliss-reactive ketones (excluding diaryl/α,β-unsaturated/α-hetero) is 1. The number of alkyl halides is 2. The van der Waals surface area contributed by atoms with Crippen molar-refractivity contribution in [2.45, 2.75) is 126 Å². The Bertz CT molecular complexity index is 1510. The molecule has 11 rings (SSSR count). The van der Waals surface area contributed by atoms with Crippen molar-refractivity contribution in [2.75, 3.05) is 37.9 Å². The molecule has 0 amide bonds. The summed E-state index contributed by atoms with van der Waals surface area (Å²) in [4.78, 5) is 39.3. The lowest BCUT2D eigenvalue weighted by Crippen LogP contribution is -2.65. The van der Waals surface area contributed by atoms with Gasteiger partial charge in [0.15, 0.2) is 10.7 Å². The topological polar surface area (TPSA) is 97.4 Å². The molecule has 0 aromatic heterocycles. The minimum atomic E-state index is -3.51. The zero-order valence-electron chi connectivity index (χ0n) is 31.1. The number of rotatable bonds is 6. The molecule has 2 heterocycles. The van der Waals surface area contributed by atoms with E-state index in [2.05, 4.69) is 45.0 Å². The van der Waals surface area contributed by atoms with Crippen LogP contribution >= 0.6 is 0 Å². The van der Waals surface area contributed by atoms with Crippen LogP contribution in [0.2, 0.25) is 0 Å². The third-order valence-electron chi connectivity index (χ3n) is 13.6. The summed E-state index contributed by atoms with van der Waals surface area (Å²) in [5.41, 5.74) is 0.290. The third-order valence-corrected chi connectivity index (χ3v) is 15.9. The number of ether oxygens (including phenoxy) is 5. The number of benzene rings is 1. The summed E-state index contributed by atoms with van der Waals surface area (Å²) in [6.07, 6.45) is 6.74. The second kappa shape index (κ2) is 13.3. The molecule has 52 heavy (non-hydrogen) atoms. The Morgan fingerprint density at radius 1 is 0.865 bits per heavy atom. The van der Waals surface area contributed by atoms with Crippen molar-refractivity contribution in [3.8, 4) is 0 Å². The van der Waals surface area contributed by atoms with Gasteiger partial charge >= 0.3 is 17.9 Å². The smallest absolute Gasteiger partial charge is 0.377 e. The first-order valence-electron chi connectivity index (χ1n) is 19.6. The Balaban J connectivity index is 0.000000203. The monoisotopic (exact) mass is 745 g/mol. The van der Waals surface area contributed by atoms with Gasteiger partial charge in [0.2, 0.25) is 0 Å². The van der Waals surface area contributed by atoms with Gasteiger partial charge in [0.1, 0.15) is 35.6 Å². The fraction of sp³-hybridized carbons (Fsp3) is 0.780. The fourth-order valence-electron chi connectivity index (χ4n) is 11.6. The zero-order chi connectivity index (χ0) is 36.7. The van der Waals surface area contributed by atoms with Crippen LogP contribution in [0.3, 0.4) is 0 Å². The SMILES string of the molecule is CC(C)(C)c1ccc([S+]2CCOCC2)cc1.CC(F)(F)C(=O)OC12CC3CC(C1)C1(OCC(COC(=O)C45CC6CC(C4)C(=O)C(C6)C5)O1)C(C3)C2. The highest BCUT2D eigenvalue weighted by molar-refractivity contribution is 7.97. The summed E-state index contributed by atoms with van der Waals surface area (Å²) >= 11 is 0. The molecule has 1 aromatic rings. The van der Waals surface area contributed by atoms with Gasteiger partial charge in [-0.1, -0.05) is 32.9 Å². The van der Waals surface area contributed by atoms with Crippen LogP contribution in [0.5, 0.6) is 0 Å². The van der Waals surface area contributed by atoms with Crippen LogP contribution in [-0.4, -0.2) is 79.1 Å². The number of halogens is 2. The highest BCUT2D eigenvalue weighted by atomic mass is 32.2. The molecule has 8 nitrogen and oxygen atoms in total. The van der Waals surface area contributed by atoms with Gasteiger partial charge in [-0.15, -0.1) is 0 Å².